The maximum absolute atomic E-state index is 12.8. The molecule has 1 aromatic heterocycles. The molecule has 142 valence electrons. The smallest absolute Gasteiger partial charge is 0.228 e. The summed E-state index contributed by atoms with van der Waals surface area (Å²) in [4.78, 5) is 21.6. The monoisotopic (exact) mass is 366 g/mol. The van der Waals surface area contributed by atoms with Crippen LogP contribution in [0.3, 0.4) is 0 Å². The summed E-state index contributed by atoms with van der Waals surface area (Å²) in [6, 6.07) is 10.0. The summed E-state index contributed by atoms with van der Waals surface area (Å²) in [5, 5.41) is 3.12. The fourth-order valence-electron chi connectivity index (χ4n) is 3.74. The molecule has 0 unspecified atom stereocenters. The van der Waals surface area contributed by atoms with Crippen LogP contribution < -0.4 is 15.0 Å². The third-order valence-corrected chi connectivity index (χ3v) is 5.57. The Kier molecular flexibility index (Phi) is 4.99. The van der Waals surface area contributed by atoms with Crippen molar-refractivity contribution >= 4 is 17.3 Å². The minimum absolute atomic E-state index is 0.0268. The van der Waals surface area contributed by atoms with Crippen LogP contribution in [0.25, 0.3) is 0 Å². The normalized spacial score (nSPS) is 22.4. The predicted octanol–water partition coefficient (Wildman–Crippen LogP) is 2.58. The number of ether oxygens (including phenoxy) is 1. The Bertz CT molecular complexity index is 800. The van der Waals surface area contributed by atoms with E-state index in [1.54, 1.807) is 19.5 Å². The van der Waals surface area contributed by atoms with Gasteiger partial charge in [-0.25, -0.2) is 0 Å². The number of methoxy groups -OCH3 is 1. The number of anilines is 2. The number of likely N-dealkylation sites (N-methyl/N-ethyl adjacent to an activating group) is 1. The highest BCUT2D eigenvalue weighted by atomic mass is 16.5. The van der Waals surface area contributed by atoms with Crippen LogP contribution in [0.5, 0.6) is 5.75 Å². The van der Waals surface area contributed by atoms with Gasteiger partial charge in [-0.3, -0.25) is 9.78 Å². The van der Waals surface area contributed by atoms with Crippen molar-refractivity contribution in [3.8, 4) is 5.75 Å². The van der Waals surface area contributed by atoms with Crippen molar-refractivity contribution in [2.24, 2.45) is 5.92 Å². The lowest BCUT2D eigenvalue weighted by Gasteiger charge is -2.34. The first-order valence-electron chi connectivity index (χ1n) is 9.48. The summed E-state index contributed by atoms with van der Waals surface area (Å²) in [6.07, 6.45) is 4.44. The maximum Gasteiger partial charge on any atom is 0.228 e. The molecule has 2 fully saturated rings. The number of amides is 1. The summed E-state index contributed by atoms with van der Waals surface area (Å²) >= 11 is 0. The molecule has 2 atom stereocenters. The van der Waals surface area contributed by atoms with Crippen molar-refractivity contribution in [2.45, 2.75) is 12.3 Å². The Morgan fingerprint density at radius 3 is 2.59 bits per heavy atom. The lowest BCUT2D eigenvalue weighted by Crippen LogP contribution is -2.44. The van der Waals surface area contributed by atoms with Crippen LogP contribution in [0.15, 0.2) is 42.7 Å². The molecule has 2 heterocycles. The standard InChI is InChI=1S/C21H26N4O2/c1-24-9-11-25(12-10-24)20-7-8-22-14-19(20)23-21(26)18-13-17(18)15-3-5-16(27-2)6-4-15/h3-8,14,17-18H,9-13H2,1-2H3,(H,23,26)/t17-,18+/m0/s1. The van der Waals surface area contributed by atoms with Crippen LogP contribution in [0.2, 0.25) is 0 Å². The summed E-state index contributed by atoms with van der Waals surface area (Å²) in [5.74, 6) is 1.24. The van der Waals surface area contributed by atoms with Gasteiger partial charge >= 0.3 is 0 Å². The zero-order chi connectivity index (χ0) is 18.8. The maximum atomic E-state index is 12.8. The number of nitrogens with one attached hydrogen (secondary N) is 1. The lowest BCUT2D eigenvalue weighted by atomic mass is 10.1. The second kappa shape index (κ2) is 7.56. The summed E-state index contributed by atoms with van der Waals surface area (Å²) < 4.78 is 5.21. The Morgan fingerprint density at radius 1 is 1.15 bits per heavy atom. The molecule has 0 radical (unpaired) electrons. The highest BCUT2D eigenvalue weighted by Gasteiger charge is 2.44. The van der Waals surface area contributed by atoms with E-state index in [1.807, 2.05) is 18.2 Å². The molecular formula is C21H26N4O2. The molecule has 1 N–H and O–H groups in total. The van der Waals surface area contributed by atoms with Crippen molar-refractivity contribution in [1.82, 2.24) is 9.88 Å². The first kappa shape index (κ1) is 17.8. The number of carbonyl (C=O) groups is 1. The van der Waals surface area contributed by atoms with Crippen LogP contribution in [-0.4, -0.2) is 56.1 Å². The molecule has 1 aromatic carbocycles. The first-order valence-corrected chi connectivity index (χ1v) is 9.48. The molecule has 4 rings (SSSR count). The van der Waals surface area contributed by atoms with Gasteiger partial charge < -0.3 is 19.9 Å². The number of nitrogens with zero attached hydrogens (tertiary/aromatic N) is 3. The minimum atomic E-state index is 0.0268. The number of rotatable bonds is 5. The number of carbonyl (C=O) groups excluding carboxylic acids is 1. The second-order valence-corrected chi connectivity index (χ2v) is 7.39. The topological polar surface area (TPSA) is 57.7 Å². The van der Waals surface area contributed by atoms with Crippen LogP contribution >= 0.6 is 0 Å². The van der Waals surface area contributed by atoms with E-state index in [0.717, 1.165) is 49.7 Å². The van der Waals surface area contributed by atoms with E-state index in [1.165, 1.54) is 5.56 Å². The van der Waals surface area contributed by atoms with E-state index in [4.69, 9.17) is 4.74 Å². The molecule has 27 heavy (non-hydrogen) atoms. The average molecular weight is 366 g/mol. The van der Waals surface area contributed by atoms with Gasteiger partial charge in [0.2, 0.25) is 5.91 Å². The second-order valence-electron chi connectivity index (χ2n) is 7.39. The van der Waals surface area contributed by atoms with Crippen molar-refractivity contribution in [2.75, 3.05) is 50.6 Å². The highest BCUT2D eigenvalue weighted by molar-refractivity contribution is 5.97. The predicted molar refractivity (Wildman–Crippen MR) is 106 cm³/mol. The van der Waals surface area contributed by atoms with E-state index in [9.17, 15) is 4.79 Å². The molecule has 0 bridgehead atoms. The number of pyridine rings is 1. The number of hydrogen-bond donors (Lipinski definition) is 1. The van der Waals surface area contributed by atoms with Crippen molar-refractivity contribution in [1.29, 1.82) is 0 Å². The van der Waals surface area contributed by atoms with Gasteiger partial charge in [-0.05, 0) is 43.1 Å². The fraction of sp³-hybridized carbons (Fsp3) is 0.429. The number of piperazine rings is 1. The largest absolute Gasteiger partial charge is 0.497 e. The number of aromatic nitrogens is 1. The number of benzene rings is 1. The molecule has 1 saturated carbocycles. The van der Waals surface area contributed by atoms with Crippen LogP contribution in [0.4, 0.5) is 11.4 Å². The molecule has 1 aliphatic carbocycles. The minimum Gasteiger partial charge on any atom is -0.497 e. The van der Waals surface area contributed by atoms with E-state index in [0.29, 0.717) is 5.92 Å². The van der Waals surface area contributed by atoms with Crippen LogP contribution in [-0.2, 0) is 4.79 Å². The molecule has 2 aromatic rings. The lowest BCUT2D eigenvalue weighted by molar-refractivity contribution is -0.117. The average Bonchev–Trinajstić information content (AvgIpc) is 3.50. The van der Waals surface area contributed by atoms with Gasteiger partial charge in [0.05, 0.1) is 24.7 Å². The fourth-order valence-corrected chi connectivity index (χ4v) is 3.74. The zero-order valence-electron chi connectivity index (χ0n) is 15.9. The van der Waals surface area contributed by atoms with Crippen LogP contribution in [0, 0.1) is 5.92 Å². The van der Waals surface area contributed by atoms with Crippen molar-refractivity contribution < 1.29 is 9.53 Å². The summed E-state index contributed by atoms with van der Waals surface area (Å²) in [6.45, 7) is 3.97. The quantitative estimate of drug-likeness (QED) is 0.881. The SMILES string of the molecule is COc1ccc([C@@H]2C[C@H]2C(=O)Nc2cnccc2N2CCN(C)CC2)cc1. The zero-order valence-corrected chi connectivity index (χ0v) is 15.9. The highest BCUT2D eigenvalue weighted by Crippen LogP contribution is 2.48. The third-order valence-electron chi connectivity index (χ3n) is 5.57. The Labute approximate surface area is 160 Å². The Hall–Kier alpha value is -2.60. The third kappa shape index (κ3) is 3.90. The molecule has 1 amide bonds. The summed E-state index contributed by atoms with van der Waals surface area (Å²) in [7, 11) is 3.80. The van der Waals surface area contributed by atoms with Crippen molar-refractivity contribution in [3.63, 3.8) is 0 Å². The molecule has 0 spiro atoms. The number of hydrogen-bond acceptors (Lipinski definition) is 5. The molecular weight excluding hydrogens is 340 g/mol. The van der Waals surface area contributed by atoms with Crippen LogP contribution in [0.1, 0.15) is 17.9 Å². The van der Waals surface area contributed by atoms with Gasteiger partial charge in [0, 0.05) is 38.3 Å². The Morgan fingerprint density at radius 2 is 1.89 bits per heavy atom. The molecule has 1 saturated heterocycles. The van der Waals surface area contributed by atoms with Gasteiger partial charge in [0.1, 0.15) is 5.75 Å². The van der Waals surface area contributed by atoms with E-state index in [-0.39, 0.29) is 11.8 Å². The summed E-state index contributed by atoms with van der Waals surface area (Å²) in [5.41, 5.74) is 3.07. The molecule has 6 heteroatoms. The van der Waals surface area contributed by atoms with Gasteiger partial charge in [-0.15, -0.1) is 0 Å². The van der Waals surface area contributed by atoms with Crippen molar-refractivity contribution in [3.05, 3.63) is 48.3 Å². The molecule has 2 aliphatic rings. The van der Waals surface area contributed by atoms with Gasteiger partial charge in [-0.2, -0.15) is 0 Å². The molecule has 1 aliphatic heterocycles. The van der Waals surface area contributed by atoms with Gasteiger partial charge in [0.15, 0.2) is 0 Å². The van der Waals surface area contributed by atoms with E-state index < -0.39 is 0 Å². The Balaban J connectivity index is 1.42. The van der Waals surface area contributed by atoms with E-state index >= 15 is 0 Å². The van der Waals surface area contributed by atoms with Gasteiger partial charge in [0.25, 0.3) is 0 Å². The first-order chi connectivity index (χ1) is 13.2. The van der Waals surface area contributed by atoms with E-state index in [2.05, 4.69) is 39.3 Å². The van der Waals surface area contributed by atoms with Gasteiger partial charge in [-0.1, -0.05) is 12.1 Å². The molecule has 6 nitrogen and oxygen atoms in total.